The quantitative estimate of drug-likeness (QED) is 0.883. The lowest BCUT2D eigenvalue weighted by molar-refractivity contribution is 0.200. The fourth-order valence-corrected chi connectivity index (χ4v) is 3.35. The number of ether oxygens (including phenoxy) is 1. The summed E-state index contributed by atoms with van der Waals surface area (Å²) < 4.78 is 5.97. The Morgan fingerprint density at radius 3 is 2.89 bits per heavy atom. The number of rotatable bonds is 3. The topological polar surface area (TPSA) is 21.3 Å². The van der Waals surface area contributed by atoms with E-state index in [1.807, 2.05) is 0 Å². The standard InChI is InChI=1S/C16H23NO/c1-16(2)9-5-8-15(16)17-11-13-10-12-6-3-4-7-14(12)18-13/h3-4,6-7,13,15,17H,5,8-11H2,1-2H3. The molecule has 1 saturated carbocycles. The van der Waals surface area contributed by atoms with Gasteiger partial charge in [-0.1, -0.05) is 38.5 Å². The van der Waals surface area contributed by atoms with E-state index in [0.29, 0.717) is 17.6 Å². The Bertz CT molecular complexity index is 402. The highest BCUT2D eigenvalue weighted by molar-refractivity contribution is 5.37. The minimum atomic E-state index is 0.318. The monoisotopic (exact) mass is 245 g/mol. The van der Waals surface area contributed by atoms with E-state index in [-0.39, 0.29) is 0 Å². The van der Waals surface area contributed by atoms with Crippen molar-refractivity contribution in [2.45, 2.75) is 51.7 Å². The van der Waals surface area contributed by atoms with E-state index in [1.165, 1.54) is 24.8 Å². The Hall–Kier alpha value is -1.02. The van der Waals surface area contributed by atoms with Crippen LogP contribution in [0.2, 0.25) is 0 Å². The summed E-state index contributed by atoms with van der Waals surface area (Å²) in [7, 11) is 0. The molecule has 1 fully saturated rings. The van der Waals surface area contributed by atoms with Crippen LogP contribution in [0.25, 0.3) is 0 Å². The molecule has 18 heavy (non-hydrogen) atoms. The molecule has 98 valence electrons. The summed E-state index contributed by atoms with van der Waals surface area (Å²) in [5, 5.41) is 3.72. The molecule has 1 N–H and O–H groups in total. The number of benzene rings is 1. The molecule has 3 rings (SSSR count). The van der Waals surface area contributed by atoms with Crippen molar-refractivity contribution in [3.63, 3.8) is 0 Å². The first-order valence-electron chi connectivity index (χ1n) is 7.13. The second kappa shape index (κ2) is 4.58. The van der Waals surface area contributed by atoms with E-state index in [1.54, 1.807) is 0 Å². The molecule has 2 atom stereocenters. The normalized spacial score (nSPS) is 29.0. The van der Waals surface area contributed by atoms with Gasteiger partial charge in [0.05, 0.1) is 0 Å². The highest BCUT2D eigenvalue weighted by Gasteiger charge is 2.34. The van der Waals surface area contributed by atoms with Crippen LogP contribution in [0.5, 0.6) is 5.75 Å². The number of fused-ring (bicyclic) bond motifs is 1. The zero-order valence-electron chi connectivity index (χ0n) is 11.4. The van der Waals surface area contributed by atoms with Crippen LogP contribution in [0.4, 0.5) is 0 Å². The average Bonchev–Trinajstić information content (AvgIpc) is 2.89. The molecule has 0 bridgehead atoms. The van der Waals surface area contributed by atoms with Crippen LogP contribution in [0.15, 0.2) is 24.3 Å². The third kappa shape index (κ3) is 2.26. The Morgan fingerprint density at radius 2 is 2.17 bits per heavy atom. The molecule has 2 unspecified atom stereocenters. The van der Waals surface area contributed by atoms with Crippen molar-refractivity contribution >= 4 is 0 Å². The maximum Gasteiger partial charge on any atom is 0.123 e. The minimum Gasteiger partial charge on any atom is -0.488 e. The molecule has 0 amide bonds. The number of nitrogens with one attached hydrogen (secondary N) is 1. The van der Waals surface area contributed by atoms with Crippen molar-refractivity contribution in [2.75, 3.05) is 6.54 Å². The molecule has 2 aliphatic rings. The summed E-state index contributed by atoms with van der Waals surface area (Å²) in [5.74, 6) is 1.08. The van der Waals surface area contributed by atoms with Crippen molar-refractivity contribution < 1.29 is 4.74 Å². The van der Waals surface area contributed by atoms with Gasteiger partial charge in [-0.15, -0.1) is 0 Å². The van der Waals surface area contributed by atoms with E-state index in [2.05, 4.69) is 43.4 Å². The molecule has 1 aromatic rings. The van der Waals surface area contributed by atoms with Crippen molar-refractivity contribution in [1.29, 1.82) is 0 Å². The van der Waals surface area contributed by atoms with Crippen LogP contribution >= 0.6 is 0 Å². The van der Waals surface area contributed by atoms with Gasteiger partial charge in [0.15, 0.2) is 0 Å². The third-order valence-electron chi connectivity index (χ3n) is 4.56. The molecule has 2 nitrogen and oxygen atoms in total. The second-order valence-electron chi connectivity index (χ2n) is 6.39. The highest BCUT2D eigenvalue weighted by atomic mass is 16.5. The van der Waals surface area contributed by atoms with Crippen molar-refractivity contribution in [1.82, 2.24) is 5.32 Å². The van der Waals surface area contributed by atoms with Gasteiger partial charge < -0.3 is 10.1 Å². The van der Waals surface area contributed by atoms with Gasteiger partial charge in [0, 0.05) is 19.0 Å². The van der Waals surface area contributed by atoms with Crippen LogP contribution in [-0.4, -0.2) is 18.7 Å². The predicted molar refractivity (Wildman–Crippen MR) is 74.0 cm³/mol. The maximum absolute atomic E-state index is 5.97. The van der Waals surface area contributed by atoms with Gasteiger partial charge in [0.1, 0.15) is 11.9 Å². The summed E-state index contributed by atoms with van der Waals surface area (Å²) in [4.78, 5) is 0. The van der Waals surface area contributed by atoms with Crippen molar-refractivity contribution in [2.24, 2.45) is 5.41 Å². The van der Waals surface area contributed by atoms with Gasteiger partial charge in [0.2, 0.25) is 0 Å². The van der Waals surface area contributed by atoms with Gasteiger partial charge in [-0.05, 0) is 29.9 Å². The largest absolute Gasteiger partial charge is 0.488 e. The van der Waals surface area contributed by atoms with Crippen LogP contribution in [-0.2, 0) is 6.42 Å². The van der Waals surface area contributed by atoms with Crippen LogP contribution in [0.3, 0.4) is 0 Å². The van der Waals surface area contributed by atoms with E-state index >= 15 is 0 Å². The Balaban J connectivity index is 1.54. The molecule has 0 saturated heterocycles. The Morgan fingerprint density at radius 1 is 1.33 bits per heavy atom. The van der Waals surface area contributed by atoms with Gasteiger partial charge in [-0.25, -0.2) is 0 Å². The number of hydrogen-bond donors (Lipinski definition) is 1. The molecule has 2 heteroatoms. The molecule has 0 spiro atoms. The third-order valence-corrected chi connectivity index (χ3v) is 4.56. The lowest BCUT2D eigenvalue weighted by Gasteiger charge is -2.29. The minimum absolute atomic E-state index is 0.318. The summed E-state index contributed by atoms with van der Waals surface area (Å²) in [5.41, 5.74) is 1.81. The number of para-hydroxylation sites is 1. The zero-order valence-corrected chi connectivity index (χ0v) is 11.4. The Kier molecular flexibility index (Phi) is 3.06. The molecule has 1 aromatic carbocycles. The van der Waals surface area contributed by atoms with Crippen LogP contribution in [0.1, 0.15) is 38.7 Å². The van der Waals surface area contributed by atoms with Crippen LogP contribution < -0.4 is 10.1 Å². The SMILES string of the molecule is CC1(C)CCCC1NCC1Cc2ccccc2O1. The van der Waals surface area contributed by atoms with Gasteiger partial charge >= 0.3 is 0 Å². The smallest absolute Gasteiger partial charge is 0.123 e. The summed E-state index contributed by atoms with van der Waals surface area (Å²) in [6.07, 6.45) is 5.38. The lowest BCUT2D eigenvalue weighted by Crippen LogP contribution is -2.42. The average molecular weight is 245 g/mol. The first-order chi connectivity index (χ1) is 8.65. The van der Waals surface area contributed by atoms with Crippen LogP contribution in [0, 0.1) is 5.41 Å². The van der Waals surface area contributed by atoms with E-state index in [4.69, 9.17) is 4.74 Å². The van der Waals surface area contributed by atoms with Crippen molar-refractivity contribution in [3.8, 4) is 5.75 Å². The fourth-order valence-electron chi connectivity index (χ4n) is 3.35. The van der Waals surface area contributed by atoms with Gasteiger partial charge in [0.25, 0.3) is 0 Å². The van der Waals surface area contributed by atoms with E-state index in [0.717, 1.165) is 18.7 Å². The zero-order chi connectivity index (χ0) is 12.6. The highest BCUT2D eigenvalue weighted by Crippen LogP contribution is 2.37. The maximum atomic E-state index is 5.97. The van der Waals surface area contributed by atoms with Crippen molar-refractivity contribution in [3.05, 3.63) is 29.8 Å². The fraction of sp³-hybridized carbons (Fsp3) is 0.625. The predicted octanol–water partition coefficient (Wildman–Crippen LogP) is 3.16. The lowest BCUT2D eigenvalue weighted by atomic mass is 9.87. The van der Waals surface area contributed by atoms with Gasteiger partial charge in [-0.2, -0.15) is 0 Å². The molecular weight excluding hydrogens is 222 g/mol. The molecule has 0 aromatic heterocycles. The van der Waals surface area contributed by atoms with E-state index < -0.39 is 0 Å². The number of hydrogen-bond acceptors (Lipinski definition) is 2. The molecule has 0 radical (unpaired) electrons. The summed E-state index contributed by atoms with van der Waals surface area (Å²) in [6, 6.07) is 9.06. The molecule has 1 aliphatic heterocycles. The molecule has 1 heterocycles. The molecule has 1 aliphatic carbocycles. The first kappa shape index (κ1) is 12.0. The first-order valence-corrected chi connectivity index (χ1v) is 7.13. The molecular formula is C16H23NO. The summed E-state index contributed by atoms with van der Waals surface area (Å²) in [6.45, 7) is 5.73. The van der Waals surface area contributed by atoms with Gasteiger partial charge in [-0.3, -0.25) is 0 Å². The summed E-state index contributed by atoms with van der Waals surface area (Å²) >= 11 is 0. The Labute approximate surface area is 110 Å². The van der Waals surface area contributed by atoms with E-state index in [9.17, 15) is 0 Å². The second-order valence-corrected chi connectivity index (χ2v) is 6.39.